The third kappa shape index (κ3) is 5.65. The highest BCUT2D eigenvalue weighted by atomic mass is 127. The number of phenols is 1. The number of carbonyl (C=O) groups is 1. The van der Waals surface area contributed by atoms with Gasteiger partial charge in [0.1, 0.15) is 12.3 Å². The van der Waals surface area contributed by atoms with Crippen molar-refractivity contribution in [3.8, 4) is 5.75 Å². The summed E-state index contributed by atoms with van der Waals surface area (Å²) in [6.45, 7) is 6.15. The molecule has 0 atom stereocenters. The highest BCUT2D eigenvalue weighted by Crippen LogP contribution is 2.27. The standard InChI is InChI=1S/C18H27N5O2.HI/c1-2-19-18(20-13-17(25)21-14-7-8-14)23-11-9-22(10-12-23)15-5-3-4-6-16(15)24;/h3-6,14,24H,2,7-13H2,1H3,(H,19,20)(H,21,25);1H. The minimum atomic E-state index is -0.00857. The highest BCUT2D eigenvalue weighted by molar-refractivity contribution is 14.0. The highest BCUT2D eigenvalue weighted by Gasteiger charge is 2.24. The fraction of sp³-hybridized carbons (Fsp3) is 0.556. The molecule has 1 aromatic carbocycles. The normalized spacial score (nSPS) is 17.5. The average Bonchev–Trinajstić information content (AvgIpc) is 3.43. The maximum atomic E-state index is 11.9. The molecule has 1 aliphatic heterocycles. The van der Waals surface area contributed by atoms with Gasteiger partial charge in [-0.1, -0.05) is 12.1 Å². The number of benzene rings is 1. The van der Waals surface area contributed by atoms with E-state index in [1.165, 1.54) is 0 Å². The van der Waals surface area contributed by atoms with Crippen LogP contribution in [0.4, 0.5) is 5.69 Å². The number of nitrogens with one attached hydrogen (secondary N) is 2. The average molecular weight is 473 g/mol. The lowest BCUT2D eigenvalue weighted by atomic mass is 10.2. The van der Waals surface area contributed by atoms with E-state index in [1.807, 2.05) is 25.1 Å². The zero-order chi connectivity index (χ0) is 17.6. The summed E-state index contributed by atoms with van der Waals surface area (Å²) < 4.78 is 0. The van der Waals surface area contributed by atoms with E-state index < -0.39 is 0 Å². The number of guanidine groups is 1. The van der Waals surface area contributed by atoms with Gasteiger partial charge in [-0.25, -0.2) is 4.99 Å². The second kappa shape index (κ2) is 9.84. The molecule has 0 aromatic heterocycles. The first kappa shape index (κ1) is 20.6. The van der Waals surface area contributed by atoms with Gasteiger partial charge in [-0.3, -0.25) is 4.79 Å². The molecular weight excluding hydrogens is 445 g/mol. The number of amides is 1. The summed E-state index contributed by atoms with van der Waals surface area (Å²) in [5.41, 5.74) is 0.868. The SMILES string of the molecule is CCNC(=NCC(=O)NC1CC1)N1CCN(c2ccccc2O)CC1.I. The third-order valence-electron chi connectivity index (χ3n) is 4.45. The van der Waals surface area contributed by atoms with Gasteiger partial charge >= 0.3 is 0 Å². The topological polar surface area (TPSA) is 80.2 Å². The quantitative estimate of drug-likeness (QED) is 0.342. The van der Waals surface area contributed by atoms with Gasteiger partial charge in [0.25, 0.3) is 0 Å². The molecule has 144 valence electrons. The van der Waals surface area contributed by atoms with Crippen molar-refractivity contribution in [2.75, 3.05) is 44.2 Å². The Kier molecular flexibility index (Phi) is 7.80. The van der Waals surface area contributed by atoms with Crippen LogP contribution in [-0.2, 0) is 4.79 Å². The number of phenolic OH excluding ortho intramolecular Hbond substituents is 1. The summed E-state index contributed by atoms with van der Waals surface area (Å²) in [5, 5.41) is 16.2. The number of aromatic hydroxyl groups is 1. The number of carbonyl (C=O) groups excluding carboxylic acids is 1. The molecule has 2 aliphatic rings. The van der Waals surface area contributed by atoms with Crippen LogP contribution >= 0.6 is 24.0 Å². The van der Waals surface area contributed by atoms with Crippen molar-refractivity contribution in [1.82, 2.24) is 15.5 Å². The lowest BCUT2D eigenvalue weighted by Crippen LogP contribution is -2.52. The summed E-state index contributed by atoms with van der Waals surface area (Å²) in [6.07, 6.45) is 2.17. The molecular formula is C18H28IN5O2. The molecule has 1 aromatic rings. The molecule has 3 rings (SSSR count). The summed E-state index contributed by atoms with van der Waals surface area (Å²) in [6, 6.07) is 7.79. The van der Waals surface area contributed by atoms with Gasteiger partial charge in [-0.2, -0.15) is 0 Å². The first-order chi connectivity index (χ1) is 12.2. The van der Waals surface area contributed by atoms with Gasteiger partial charge in [-0.05, 0) is 31.9 Å². The van der Waals surface area contributed by atoms with Crippen LogP contribution in [0.5, 0.6) is 5.75 Å². The van der Waals surface area contributed by atoms with E-state index >= 15 is 0 Å². The molecule has 1 amide bonds. The zero-order valence-electron chi connectivity index (χ0n) is 15.1. The lowest BCUT2D eigenvalue weighted by Gasteiger charge is -2.37. The number of hydrogen-bond acceptors (Lipinski definition) is 4. The molecule has 0 spiro atoms. The number of nitrogens with zero attached hydrogens (tertiary/aromatic N) is 3. The Hall–Kier alpha value is -1.71. The number of halogens is 1. The fourth-order valence-electron chi connectivity index (χ4n) is 2.96. The zero-order valence-corrected chi connectivity index (χ0v) is 17.5. The van der Waals surface area contributed by atoms with E-state index in [4.69, 9.17) is 0 Å². The molecule has 2 fully saturated rings. The van der Waals surface area contributed by atoms with Gasteiger partial charge in [-0.15, -0.1) is 24.0 Å². The molecule has 1 heterocycles. The van der Waals surface area contributed by atoms with Crippen LogP contribution < -0.4 is 15.5 Å². The van der Waals surface area contributed by atoms with Crippen LogP contribution in [0.25, 0.3) is 0 Å². The minimum Gasteiger partial charge on any atom is -0.506 e. The fourth-order valence-corrected chi connectivity index (χ4v) is 2.96. The first-order valence-corrected chi connectivity index (χ1v) is 9.03. The Bertz CT molecular complexity index is 628. The van der Waals surface area contributed by atoms with Crippen LogP contribution in [0, 0.1) is 0 Å². The summed E-state index contributed by atoms with van der Waals surface area (Å²) in [4.78, 5) is 20.7. The molecule has 1 saturated carbocycles. The van der Waals surface area contributed by atoms with Gasteiger partial charge in [0, 0.05) is 38.8 Å². The van der Waals surface area contributed by atoms with Crippen molar-refractivity contribution in [2.45, 2.75) is 25.8 Å². The van der Waals surface area contributed by atoms with Crippen LogP contribution in [0.1, 0.15) is 19.8 Å². The number of aliphatic imine (C=N–C) groups is 1. The van der Waals surface area contributed by atoms with E-state index in [9.17, 15) is 9.90 Å². The van der Waals surface area contributed by atoms with Crippen LogP contribution in [0.15, 0.2) is 29.3 Å². The maximum absolute atomic E-state index is 11.9. The van der Waals surface area contributed by atoms with Crippen LogP contribution in [0.2, 0.25) is 0 Å². The van der Waals surface area contributed by atoms with E-state index in [-0.39, 0.29) is 36.4 Å². The first-order valence-electron chi connectivity index (χ1n) is 9.03. The second-order valence-electron chi connectivity index (χ2n) is 6.47. The Morgan fingerprint density at radius 2 is 1.92 bits per heavy atom. The smallest absolute Gasteiger partial charge is 0.242 e. The van der Waals surface area contributed by atoms with Crippen molar-refractivity contribution in [3.63, 3.8) is 0 Å². The van der Waals surface area contributed by atoms with E-state index in [0.717, 1.165) is 57.2 Å². The lowest BCUT2D eigenvalue weighted by molar-refractivity contribution is -0.119. The largest absolute Gasteiger partial charge is 0.506 e. The maximum Gasteiger partial charge on any atom is 0.242 e. The number of para-hydroxylation sites is 2. The van der Waals surface area contributed by atoms with Gasteiger partial charge in [0.15, 0.2) is 5.96 Å². The van der Waals surface area contributed by atoms with Gasteiger partial charge in [0.2, 0.25) is 5.91 Å². The molecule has 0 unspecified atom stereocenters. The number of hydrogen-bond donors (Lipinski definition) is 3. The molecule has 0 bridgehead atoms. The van der Waals surface area contributed by atoms with Crippen LogP contribution in [-0.4, -0.2) is 67.2 Å². The molecule has 0 radical (unpaired) electrons. The Balaban J connectivity index is 0.00000243. The Morgan fingerprint density at radius 1 is 1.23 bits per heavy atom. The van der Waals surface area contributed by atoms with Gasteiger partial charge < -0.3 is 25.5 Å². The minimum absolute atomic E-state index is 0. The van der Waals surface area contributed by atoms with E-state index in [0.29, 0.717) is 11.8 Å². The molecule has 26 heavy (non-hydrogen) atoms. The molecule has 1 saturated heterocycles. The van der Waals surface area contributed by atoms with Crippen molar-refractivity contribution in [1.29, 1.82) is 0 Å². The number of anilines is 1. The predicted molar refractivity (Wildman–Crippen MR) is 114 cm³/mol. The summed E-state index contributed by atoms with van der Waals surface area (Å²) in [5.74, 6) is 1.09. The molecule has 8 heteroatoms. The van der Waals surface area contributed by atoms with Crippen molar-refractivity contribution in [3.05, 3.63) is 24.3 Å². The third-order valence-corrected chi connectivity index (χ3v) is 4.45. The van der Waals surface area contributed by atoms with Crippen molar-refractivity contribution < 1.29 is 9.90 Å². The number of rotatable bonds is 5. The van der Waals surface area contributed by atoms with E-state index in [1.54, 1.807) is 6.07 Å². The van der Waals surface area contributed by atoms with Crippen molar-refractivity contribution >= 4 is 41.5 Å². The monoisotopic (exact) mass is 473 g/mol. The van der Waals surface area contributed by atoms with Gasteiger partial charge in [0.05, 0.1) is 5.69 Å². The molecule has 3 N–H and O–H groups in total. The molecule has 1 aliphatic carbocycles. The Morgan fingerprint density at radius 3 is 2.54 bits per heavy atom. The number of piperazine rings is 1. The van der Waals surface area contributed by atoms with E-state index in [2.05, 4.69) is 25.4 Å². The summed E-state index contributed by atoms with van der Waals surface area (Å²) in [7, 11) is 0. The Labute approximate surface area is 171 Å². The van der Waals surface area contributed by atoms with Crippen molar-refractivity contribution in [2.24, 2.45) is 4.99 Å². The second-order valence-corrected chi connectivity index (χ2v) is 6.47. The summed E-state index contributed by atoms with van der Waals surface area (Å²) >= 11 is 0. The molecule has 7 nitrogen and oxygen atoms in total. The van der Waals surface area contributed by atoms with Crippen LogP contribution in [0.3, 0.4) is 0 Å². The predicted octanol–water partition coefficient (Wildman–Crippen LogP) is 1.38.